The van der Waals surface area contributed by atoms with Crippen LogP contribution < -0.4 is 5.32 Å². The lowest BCUT2D eigenvalue weighted by molar-refractivity contribution is 0.0293. The first-order valence-electron chi connectivity index (χ1n) is 5.65. The predicted molar refractivity (Wildman–Crippen MR) is 65.6 cm³/mol. The predicted octanol–water partition coefficient (Wildman–Crippen LogP) is 1.38. The van der Waals surface area contributed by atoms with Gasteiger partial charge in [0.25, 0.3) is 0 Å². The Hall–Kier alpha value is 0.230. The van der Waals surface area contributed by atoms with E-state index < -0.39 is 0 Å². The molecule has 3 unspecified atom stereocenters. The smallest absolute Gasteiger partial charge is 0.0821 e. The van der Waals surface area contributed by atoms with Gasteiger partial charge in [0.1, 0.15) is 0 Å². The van der Waals surface area contributed by atoms with Gasteiger partial charge < -0.3 is 14.8 Å². The quantitative estimate of drug-likeness (QED) is 0.751. The van der Waals surface area contributed by atoms with Gasteiger partial charge in [0.15, 0.2) is 0 Å². The van der Waals surface area contributed by atoms with Gasteiger partial charge in [-0.3, -0.25) is 0 Å². The lowest BCUT2D eigenvalue weighted by atomic mass is 9.94. The van der Waals surface area contributed by atoms with E-state index >= 15 is 0 Å². The van der Waals surface area contributed by atoms with E-state index in [1.54, 1.807) is 7.11 Å². The molecular weight excluding hydrogens is 210 g/mol. The van der Waals surface area contributed by atoms with Gasteiger partial charge in [-0.2, -0.15) is 11.8 Å². The molecule has 1 fully saturated rings. The third-order valence-electron chi connectivity index (χ3n) is 2.97. The van der Waals surface area contributed by atoms with Gasteiger partial charge in [0.05, 0.1) is 12.7 Å². The van der Waals surface area contributed by atoms with Crippen molar-refractivity contribution in [1.29, 1.82) is 0 Å². The zero-order valence-corrected chi connectivity index (χ0v) is 10.8. The number of nitrogens with one attached hydrogen (secondary N) is 1. The zero-order valence-electron chi connectivity index (χ0n) is 9.99. The van der Waals surface area contributed by atoms with E-state index in [1.165, 1.54) is 0 Å². The lowest BCUT2D eigenvalue weighted by Gasteiger charge is -2.33. The minimum absolute atomic E-state index is 0.362. The molecule has 4 heteroatoms. The fourth-order valence-electron chi connectivity index (χ4n) is 2.03. The molecule has 1 N–H and O–H groups in total. The van der Waals surface area contributed by atoms with E-state index in [9.17, 15) is 0 Å². The fraction of sp³-hybridized carbons (Fsp3) is 1.00. The van der Waals surface area contributed by atoms with Crippen molar-refractivity contribution in [1.82, 2.24) is 5.32 Å². The molecule has 1 rings (SSSR count). The maximum absolute atomic E-state index is 5.81. The Bertz CT molecular complexity index is 163. The third-order valence-corrected chi connectivity index (χ3v) is 3.99. The van der Waals surface area contributed by atoms with Crippen LogP contribution in [-0.4, -0.2) is 51.0 Å². The Kier molecular flexibility index (Phi) is 6.64. The number of methoxy groups -OCH3 is 1. The molecule has 0 radical (unpaired) electrons. The van der Waals surface area contributed by atoms with Crippen LogP contribution in [0.15, 0.2) is 0 Å². The van der Waals surface area contributed by atoms with Gasteiger partial charge in [-0.05, 0) is 19.4 Å². The van der Waals surface area contributed by atoms with Crippen LogP contribution in [0.3, 0.4) is 0 Å². The highest BCUT2D eigenvalue weighted by molar-refractivity contribution is 7.99. The first-order valence-corrected chi connectivity index (χ1v) is 6.80. The van der Waals surface area contributed by atoms with Gasteiger partial charge in [-0.25, -0.2) is 0 Å². The van der Waals surface area contributed by atoms with Crippen LogP contribution in [0.4, 0.5) is 0 Å². The van der Waals surface area contributed by atoms with Crippen molar-refractivity contribution in [2.75, 3.05) is 38.9 Å². The minimum atomic E-state index is 0.362. The average molecular weight is 233 g/mol. The second-order valence-electron chi connectivity index (χ2n) is 4.06. The number of ether oxygens (including phenoxy) is 2. The highest BCUT2D eigenvalue weighted by Crippen LogP contribution is 2.21. The van der Waals surface area contributed by atoms with Crippen LogP contribution in [0.5, 0.6) is 0 Å². The number of rotatable bonds is 6. The molecule has 1 aliphatic rings. The van der Waals surface area contributed by atoms with Crippen molar-refractivity contribution in [3.05, 3.63) is 0 Å². The van der Waals surface area contributed by atoms with Gasteiger partial charge in [-0.1, -0.05) is 6.92 Å². The molecule has 1 aliphatic heterocycles. The Morgan fingerprint density at radius 3 is 2.93 bits per heavy atom. The maximum atomic E-state index is 5.81. The molecule has 15 heavy (non-hydrogen) atoms. The monoisotopic (exact) mass is 233 g/mol. The summed E-state index contributed by atoms with van der Waals surface area (Å²) in [5, 5.41) is 3.39. The molecule has 1 heterocycles. The van der Waals surface area contributed by atoms with E-state index in [-0.39, 0.29) is 0 Å². The first-order chi connectivity index (χ1) is 7.29. The summed E-state index contributed by atoms with van der Waals surface area (Å²) in [6.07, 6.45) is 1.45. The van der Waals surface area contributed by atoms with Crippen LogP contribution >= 0.6 is 11.8 Å². The summed E-state index contributed by atoms with van der Waals surface area (Å²) < 4.78 is 10.9. The van der Waals surface area contributed by atoms with Crippen LogP contribution in [0.2, 0.25) is 0 Å². The molecule has 0 aromatic rings. The summed E-state index contributed by atoms with van der Waals surface area (Å²) in [6, 6.07) is 0.452. The normalized spacial score (nSPS) is 26.2. The zero-order chi connectivity index (χ0) is 11.1. The number of likely N-dealkylation sites (N-methyl/N-ethyl adjacent to an activating group) is 1. The number of hydrogen-bond donors (Lipinski definition) is 1. The van der Waals surface area contributed by atoms with E-state index in [1.807, 2.05) is 18.8 Å². The lowest BCUT2D eigenvalue weighted by Crippen LogP contribution is -2.47. The molecule has 3 nitrogen and oxygen atoms in total. The van der Waals surface area contributed by atoms with E-state index in [2.05, 4.69) is 12.2 Å². The van der Waals surface area contributed by atoms with Gasteiger partial charge in [0, 0.05) is 31.3 Å². The minimum Gasteiger partial charge on any atom is -0.385 e. The molecule has 0 aromatic heterocycles. The molecule has 0 aliphatic carbocycles. The molecule has 90 valence electrons. The van der Waals surface area contributed by atoms with Crippen molar-refractivity contribution >= 4 is 11.8 Å². The number of hydrogen-bond acceptors (Lipinski definition) is 4. The molecule has 0 aromatic carbocycles. The van der Waals surface area contributed by atoms with Crippen LogP contribution in [0.1, 0.15) is 13.3 Å². The largest absolute Gasteiger partial charge is 0.385 e. The number of thioether (sulfide) groups is 1. The van der Waals surface area contributed by atoms with Crippen molar-refractivity contribution in [3.8, 4) is 0 Å². The van der Waals surface area contributed by atoms with Gasteiger partial charge >= 0.3 is 0 Å². The van der Waals surface area contributed by atoms with Crippen LogP contribution in [0, 0.1) is 5.92 Å². The Morgan fingerprint density at radius 1 is 1.60 bits per heavy atom. The second kappa shape index (κ2) is 7.49. The maximum Gasteiger partial charge on any atom is 0.0821 e. The fourth-order valence-corrected chi connectivity index (χ4v) is 2.95. The van der Waals surface area contributed by atoms with Crippen molar-refractivity contribution in [2.24, 2.45) is 5.92 Å². The third kappa shape index (κ3) is 4.31. The van der Waals surface area contributed by atoms with Crippen molar-refractivity contribution < 1.29 is 9.47 Å². The highest BCUT2D eigenvalue weighted by Gasteiger charge is 2.27. The molecule has 0 bridgehead atoms. The Labute approximate surface area is 97.3 Å². The summed E-state index contributed by atoms with van der Waals surface area (Å²) in [7, 11) is 3.78. The topological polar surface area (TPSA) is 30.5 Å². The highest BCUT2D eigenvalue weighted by atomic mass is 32.2. The summed E-state index contributed by atoms with van der Waals surface area (Å²) in [4.78, 5) is 0. The van der Waals surface area contributed by atoms with Gasteiger partial charge in [0.2, 0.25) is 0 Å². The molecular formula is C11H23NO2S. The van der Waals surface area contributed by atoms with Crippen LogP contribution in [-0.2, 0) is 9.47 Å². The molecule has 0 amide bonds. The summed E-state index contributed by atoms with van der Waals surface area (Å²) in [6.45, 7) is 3.99. The second-order valence-corrected chi connectivity index (χ2v) is 5.21. The van der Waals surface area contributed by atoms with E-state index in [4.69, 9.17) is 9.47 Å². The van der Waals surface area contributed by atoms with Crippen molar-refractivity contribution in [2.45, 2.75) is 25.5 Å². The molecule has 0 saturated carbocycles. The van der Waals surface area contributed by atoms with E-state index in [0.29, 0.717) is 18.1 Å². The summed E-state index contributed by atoms with van der Waals surface area (Å²) >= 11 is 1.99. The first kappa shape index (κ1) is 13.3. The molecule has 1 saturated heterocycles. The van der Waals surface area contributed by atoms with Crippen molar-refractivity contribution in [3.63, 3.8) is 0 Å². The summed E-state index contributed by atoms with van der Waals surface area (Å²) in [5.74, 6) is 2.85. The Morgan fingerprint density at radius 2 is 2.40 bits per heavy atom. The SMILES string of the molecule is CNC(C(C)CCOC)C1CSCCO1. The summed E-state index contributed by atoms with van der Waals surface area (Å²) in [5.41, 5.74) is 0. The van der Waals surface area contributed by atoms with Crippen LogP contribution in [0.25, 0.3) is 0 Å². The average Bonchev–Trinajstić information content (AvgIpc) is 2.29. The Balaban J connectivity index is 2.37. The molecule has 0 spiro atoms. The molecule has 3 atom stereocenters. The standard InChI is InChI=1S/C11H23NO2S/c1-9(4-5-13-3)11(12-2)10-8-15-7-6-14-10/h9-12H,4-8H2,1-3H3. The van der Waals surface area contributed by atoms with Gasteiger partial charge in [-0.15, -0.1) is 0 Å². The van der Waals surface area contributed by atoms with E-state index in [0.717, 1.165) is 31.1 Å².